The molecule has 0 spiro atoms. The summed E-state index contributed by atoms with van der Waals surface area (Å²) in [5.74, 6) is -1.21. The number of rotatable bonds is 1. The van der Waals surface area contributed by atoms with Crippen LogP contribution in [0.15, 0.2) is 0 Å². The Balaban J connectivity index is 2.49. The SMILES string of the molecule is C[C@@H]1CC(C(=O)O)CN1O. The highest BCUT2D eigenvalue weighted by atomic mass is 16.5. The predicted octanol–water partition coefficient (Wildman–Crippen LogP) is 0.171. The Morgan fingerprint density at radius 1 is 1.70 bits per heavy atom. The van der Waals surface area contributed by atoms with Crippen LogP contribution in [0.3, 0.4) is 0 Å². The van der Waals surface area contributed by atoms with Crippen molar-refractivity contribution in [2.75, 3.05) is 6.54 Å². The van der Waals surface area contributed by atoms with Gasteiger partial charge < -0.3 is 10.3 Å². The Labute approximate surface area is 59.0 Å². The summed E-state index contributed by atoms with van der Waals surface area (Å²) in [5.41, 5.74) is 0. The van der Waals surface area contributed by atoms with Gasteiger partial charge in [-0.2, -0.15) is 5.06 Å². The van der Waals surface area contributed by atoms with Gasteiger partial charge in [-0.25, -0.2) is 0 Å². The van der Waals surface area contributed by atoms with Gasteiger partial charge in [-0.05, 0) is 13.3 Å². The smallest absolute Gasteiger partial charge is 0.307 e. The molecule has 1 saturated heterocycles. The first kappa shape index (κ1) is 7.50. The second-order valence-corrected chi connectivity index (χ2v) is 2.74. The van der Waals surface area contributed by atoms with Gasteiger partial charge in [0.1, 0.15) is 0 Å². The molecule has 4 heteroatoms. The van der Waals surface area contributed by atoms with Crippen molar-refractivity contribution in [3.63, 3.8) is 0 Å². The molecule has 1 fully saturated rings. The number of carboxylic acids is 1. The average Bonchev–Trinajstić information content (AvgIpc) is 2.13. The fourth-order valence-corrected chi connectivity index (χ4v) is 1.19. The number of aliphatic carboxylic acids is 1. The van der Waals surface area contributed by atoms with E-state index in [1.807, 2.05) is 6.92 Å². The van der Waals surface area contributed by atoms with E-state index in [1.165, 1.54) is 0 Å². The van der Waals surface area contributed by atoms with Crippen molar-refractivity contribution in [2.24, 2.45) is 5.92 Å². The Morgan fingerprint density at radius 3 is 2.50 bits per heavy atom. The van der Waals surface area contributed by atoms with Crippen molar-refractivity contribution in [3.8, 4) is 0 Å². The molecule has 10 heavy (non-hydrogen) atoms. The second-order valence-electron chi connectivity index (χ2n) is 2.74. The van der Waals surface area contributed by atoms with E-state index in [9.17, 15) is 4.79 Å². The first-order chi connectivity index (χ1) is 4.61. The molecular formula is C6H11NO3. The highest BCUT2D eigenvalue weighted by molar-refractivity contribution is 5.70. The molecule has 1 aliphatic heterocycles. The molecule has 0 aromatic carbocycles. The van der Waals surface area contributed by atoms with E-state index in [1.54, 1.807) is 0 Å². The largest absolute Gasteiger partial charge is 0.481 e. The van der Waals surface area contributed by atoms with Gasteiger partial charge in [0.05, 0.1) is 5.92 Å². The van der Waals surface area contributed by atoms with Crippen molar-refractivity contribution in [1.82, 2.24) is 5.06 Å². The van der Waals surface area contributed by atoms with Gasteiger partial charge in [-0.15, -0.1) is 0 Å². The molecule has 0 radical (unpaired) electrons. The van der Waals surface area contributed by atoms with Crippen molar-refractivity contribution >= 4 is 5.97 Å². The summed E-state index contributed by atoms with van der Waals surface area (Å²) in [6.07, 6.45) is 0.547. The standard InChI is InChI=1S/C6H11NO3/c1-4-2-5(6(8)9)3-7(4)10/h4-5,10H,2-3H2,1H3,(H,8,9)/t4-,5?/m1/s1. The molecule has 0 bridgehead atoms. The van der Waals surface area contributed by atoms with Crippen LogP contribution in [0.2, 0.25) is 0 Å². The summed E-state index contributed by atoms with van der Waals surface area (Å²) in [5, 5.41) is 18.6. The molecule has 0 aliphatic carbocycles. The van der Waals surface area contributed by atoms with Gasteiger partial charge in [0.25, 0.3) is 0 Å². The number of hydrogen-bond acceptors (Lipinski definition) is 3. The van der Waals surface area contributed by atoms with Crippen LogP contribution in [0.25, 0.3) is 0 Å². The molecule has 1 aliphatic rings. The lowest BCUT2D eigenvalue weighted by Crippen LogP contribution is -2.23. The molecule has 1 rings (SSSR count). The number of hydrogen-bond donors (Lipinski definition) is 2. The number of carboxylic acid groups (broad SMARTS) is 1. The maximum atomic E-state index is 10.4. The van der Waals surface area contributed by atoms with Gasteiger partial charge in [-0.3, -0.25) is 4.79 Å². The first-order valence-corrected chi connectivity index (χ1v) is 3.29. The summed E-state index contributed by atoms with van der Waals surface area (Å²) in [7, 11) is 0. The highest BCUT2D eigenvalue weighted by Gasteiger charge is 2.32. The normalized spacial score (nSPS) is 34.6. The van der Waals surface area contributed by atoms with Crippen LogP contribution < -0.4 is 0 Å². The zero-order valence-electron chi connectivity index (χ0n) is 5.82. The molecule has 0 amide bonds. The summed E-state index contributed by atoms with van der Waals surface area (Å²) in [4.78, 5) is 10.4. The number of carbonyl (C=O) groups is 1. The van der Waals surface area contributed by atoms with E-state index >= 15 is 0 Å². The van der Waals surface area contributed by atoms with Crippen LogP contribution >= 0.6 is 0 Å². The first-order valence-electron chi connectivity index (χ1n) is 3.29. The fraction of sp³-hybridized carbons (Fsp3) is 0.833. The lowest BCUT2D eigenvalue weighted by atomic mass is 10.1. The number of hydroxylamine groups is 2. The van der Waals surface area contributed by atoms with Gasteiger partial charge in [0.15, 0.2) is 0 Å². The van der Waals surface area contributed by atoms with Gasteiger partial charge in [-0.1, -0.05) is 0 Å². The van der Waals surface area contributed by atoms with E-state index in [0.717, 1.165) is 5.06 Å². The molecule has 1 heterocycles. The van der Waals surface area contributed by atoms with E-state index in [4.69, 9.17) is 10.3 Å². The number of nitrogens with zero attached hydrogens (tertiary/aromatic N) is 1. The molecule has 0 saturated carbocycles. The fourth-order valence-electron chi connectivity index (χ4n) is 1.19. The van der Waals surface area contributed by atoms with E-state index in [-0.39, 0.29) is 18.5 Å². The molecule has 0 aromatic heterocycles. The van der Waals surface area contributed by atoms with E-state index in [0.29, 0.717) is 6.42 Å². The molecule has 2 atom stereocenters. The molecule has 0 aromatic rings. The van der Waals surface area contributed by atoms with Crippen molar-refractivity contribution in [3.05, 3.63) is 0 Å². The monoisotopic (exact) mass is 145 g/mol. The van der Waals surface area contributed by atoms with Gasteiger partial charge in [0, 0.05) is 12.6 Å². The van der Waals surface area contributed by atoms with Crippen LogP contribution in [0, 0.1) is 5.92 Å². The van der Waals surface area contributed by atoms with Crippen LogP contribution in [-0.4, -0.2) is 33.9 Å². The van der Waals surface area contributed by atoms with Crippen molar-refractivity contribution in [2.45, 2.75) is 19.4 Å². The van der Waals surface area contributed by atoms with Crippen LogP contribution in [0.1, 0.15) is 13.3 Å². The summed E-state index contributed by atoms with van der Waals surface area (Å²) < 4.78 is 0. The maximum absolute atomic E-state index is 10.4. The third-order valence-electron chi connectivity index (χ3n) is 1.89. The predicted molar refractivity (Wildman–Crippen MR) is 33.7 cm³/mol. The third-order valence-corrected chi connectivity index (χ3v) is 1.89. The minimum absolute atomic E-state index is 0.0129. The minimum Gasteiger partial charge on any atom is -0.481 e. The molecule has 1 unspecified atom stereocenters. The Morgan fingerprint density at radius 2 is 2.30 bits per heavy atom. The molecule has 4 nitrogen and oxygen atoms in total. The maximum Gasteiger partial charge on any atom is 0.307 e. The molecule has 2 N–H and O–H groups in total. The third kappa shape index (κ3) is 1.27. The van der Waals surface area contributed by atoms with E-state index in [2.05, 4.69) is 0 Å². The Hall–Kier alpha value is -0.610. The van der Waals surface area contributed by atoms with Crippen molar-refractivity contribution < 1.29 is 15.1 Å². The Bertz CT molecular complexity index is 138. The molecular weight excluding hydrogens is 134 g/mol. The van der Waals surface area contributed by atoms with E-state index < -0.39 is 5.97 Å². The summed E-state index contributed by atoms with van der Waals surface area (Å²) in [6.45, 7) is 2.07. The second kappa shape index (κ2) is 2.56. The summed E-state index contributed by atoms with van der Waals surface area (Å²) in [6, 6.07) is -0.0129. The quantitative estimate of drug-likeness (QED) is 0.552. The topological polar surface area (TPSA) is 60.8 Å². The average molecular weight is 145 g/mol. The molecule has 58 valence electrons. The minimum atomic E-state index is -0.816. The van der Waals surface area contributed by atoms with Crippen molar-refractivity contribution in [1.29, 1.82) is 0 Å². The van der Waals surface area contributed by atoms with Crippen LogP contribution in [0.4, 0.5) is 0 Å². The van der Waals surface area contributed by atoms with Gasteiger partial charge in [0.2, 0.25) is 0 Å². The lowest BCUT2D eigenvalue weighted by molar-refractivity contribution is -0.143. The Kier molecular flexibility index (Phi) is 1.92. The van der Waals surface area contributed by atoms with Crippen LogP contribution in [-0.2, 0) is 4.79 Å². The zero-order valence-corrected chi connectivity index (χ0v) is 5.82. The van der Waals surface area contributed by atoms with Gasteiger partial charge >= 0.3 is 5.97 Å². The lowest BCUT2D eigenvalue weighted by Gasteiger charge is -2.09. The highest BCUT2D eigenvalue weighted by Crippen LogP contribution is 2.20. The zero-order chi connectivity index (χ0) is 7.72. The van der Waals surface area contributed by atoms with Crippen LogP contribution in [0.5, 0.6) is 0 Å². The summed E-state index contributed by atoms with van der Waals surface area (Å²) >= 11 is 0.